The van der Waals surface area contributed by atoms with Gasteiger partial charge in [-0.05, 0) is 65.7 Å². The van der Waals surface area contributed by atoms with E-state index < -0.39 is 5.97 Å². The van der Waals surface area contributed by atoms with Crippen molar-refractivity contribution < 1.29 is 24.2 Å². The fourth-order valence-electron chi connectivity index (χ4n) is 3.64. The molecule has 6 nitrogen and oxygen atoms in total. The van der Waals surface area contributed by atoms with E-state index in [1.807, 2.05) is 6.07 Å². The molecule has 34 heavy (non-hydrogen) atoms. The van der Waals surface area contributed by atoms with E-state index in [-0.39, 0.29) is 16.5 Å². The Morgan fingerprint density at radius 3 is 2.26 bits per heavy atom. The van der Waals surface area contributed by atoms with Gasteiger partial charge >= 0.3 is 5.97 Å². The number of ether oxygens (including phenoxy) is 2. The fourth-order valence-corrected chi connectivity index (χ4v) is 4.03. The van der Waals surface area contributed by atoms with Gasteiger partial charge in [-0.2, -0.15) is 0 Å². The number of nitrogens with zero attached hydrogens (tertiary/aromatic N) is 1. The van der Waals surface area contributed by atoms with Crippen molar-refractivity contribution in [1.82, 2.24) is 0 Å². The molecule has 3 aromatic carbocycles. The molecule has 1 aliphatic heterocycles. The van der Waals surface area contributed by atoms with E-state index in [0.717, 1.165) is 11.1 Å². The summed E-state index contributed by atoms with van der Waals surface area (Å²) in [6, 6.07) is 16.8. The van der Waals surface area contributed by atoms with E-state index in [1.54, 1.807) is 68.8 Å². The molecule has 0 spiro atoms. The Morgan fingerprint density at radius 1 is 0.941 bits per heavy atom. The van der Waals surface area contributed by atoms with E-state index in [9.17, 15) is 14.7 Å². The molecule has 4 rings (SSSR count). The Bertz CT molecular complexity index is 1350. The van der Waals surface area contributed by atoms with Gasteiger partial charge in [0.15, 0.2) is 11.5 Å². The van der Waals surface area contributed by atoms with Crippen LogP contribution in [0.1, 0.15) is 21.5 Å². The van der Waals surface area contributed by atoms with Gasteiger partial charge in [0.25, 0.3) is 5.91 Å². The molecular formula is C26H19Cl2NO5. The first-order valence-electron chi connectivity index (χ1n) is 10.1. The van der Waals surface area contributed by atoms with Crippen molar-refractivity contribution in [2.24, 2.45) is 0 Å². The molecule has 0 radical (unpaired) electrons. The maximum atomic E-state index is 13.5. The Kier molecular flexibility index (Phi) is 6.63. The van der Waals surface area contributed by atoms with Crippen molar-refractivity contribution in [3.63, 3.8) is 0 Å². The van der Waals surface area contributed by atoms with Crippen LogP contribution in [0.25, 0.3) is 11.8 Å². The number of carboxylic acids is 1. The summed E-state index contributed by atoms with van der Waals surface area (Å²) in [6.07, 6.45) is 3.51. The van der Waals surface area contributed by atoms with Crippen molar-refractivity contribution in [2.45, 2.75) is 0 Å². The predicted molar refractivity (Wildman–Crippen MR) is 133 cm³/mol. The number of hydrogen-bond acceptors (Lipinski definition) is 4. The van der Waals surface area contributed by atoms with E-state index in [2.05, 4.69) is 0 Å². The fraction of sp³-hybridized carbons (Fsp3) is 0.0769. The zero-order chi connectivity index (χ0) is 24.4. The molecule has 1 N–H and O–H groups in total. The largest absolute Gasteiger partial charge is 0.493 e. The van der Waals surface area contributed by atoms with Crippen LogP contribution >= 0.6 is 23.2 Å². The number of carbonyl (C=O) groups is 2. The first-order chi connectivity index (χ1) is 16.3. The Labute approximate surface area is 206 Å². The lowest BCUT2D eigenvalue weighted by molar-refractivity contribution is -0.113. The molecule has 1 amide bonds. The van der Waals surface area contributed by atoms with Crippen LogP contribution in [0.15, 0.2) is 72.3 Å². The number of carboxylic acid groups (broad SMARTS) is 1. The van der Waals surface area contributed by atoms with E-state index in [4.69, 9.17) is 32.7 Å². The average molecular weight is 496 g/mol. The molecule has 0 fully saturated rings. The number of rotatable bonds is 6. The van der Waals surface area contributed by atoms with Crippen LogP contribution in [-0.4, -0.2) is 31.2 Å². The third-order valence-electron chi connectivity index (χ3n) is 5.29. The standard InChI is InChI=1S/C26H19Cl2NO5/c1-33-23-10-3-15(12-24(23)34-2)11-17-13-22(16-4-6-18(27)7-5-16)29(25(17)30)19-8-9-20(26(31)32)21(28)14-19/h3-14H,1-2H3,(H,31,32)/b17-11+. The van der Waals surface area contributed by atoms with Crippen LogP contribution in [0.2, 0.25) is 10.0 Å². The van der Waals surface area contributed by atoms with E-state index >= 15 is 0 Å². The van der Waals surface area contributed by atoms with Crippen molar-refractivity contribution in [1.29, 1.82) is 0 Å². The quantitative estimate of drug-likeness (QED) is 0.413. The molecule has 8 heteroatoms. The van der Waals surface area contributed by atoms with Gasteiger partial charge in [0, 0.05) is 10.6 Å². The van der Waals surface area contributed by atoms with Gasteiger partial charge in [-0.3, -0.25) is 9.69 Å². The third-order valence-corrected chi connectivity index (χ3v) is 5.86. The monoisotopic (exact) mass is 495 g/mol. The summed E-state index contributed by atoms with van der Waals surface area (Å²) < 4.78 is 10.6. The summed E-state index contributed by atoms with van der Waals surface area (Å²) in [5, 5.41) is 9.90. The number of carbonyl (C=O) groups excluding carboxylic acids is 1. The molecule has 0 bridgehead atoms. The molecular weight excluding hydrogens is 477 g/mol. The number of aromatic carboxylic acids is 1. The normalized spacial score (nSPS) is 14.4. The van der Waals surface area contributed by atoms with Gasteiger partial charge in [0.05, 0.1) is 36.2 Å². The maximum Gasteiger partial charge on any atom is 0.337 e. The van der Waals surface area contributed by atoms with Gasteiger partial charge in [-0.15, -0.1) is 0 Å². The molecule has 0 saturated carbocycles. The minimum absolute atomic E-state index is 0.0329. The molecule has 1 heterocycles. The van der Waals surface area contributed by atoms with Crippen LogP contribution in [0.3, 0.4) is 0 Å². The highest BCUT2D eigenvalue weighted by molar-refractivity contribution is 6.34. The topological polar surface area (TPSA) is 76.1 Å². The van der Waals surface area contributed by atoms with Gasteiger partial charge in [0.2, 0.25) is 0 Å². The Hall–Kier alpha value is -3.74. The van der Waals surface area contributed by atoms with Crippen LogP contribution in [0, 0.1) is 0 Å². The summed E-state index contributed by atoms with van der Waals surface area (Å²) in [5.41, 5.74) is 2.93. The summed E-state index contributed by atoms with van der Waals surface area (Å²) in [5.74, 6) is -0.322. The van der Waals surface area contributed by atoms with Crippen LogP contribution in [0.5, 0.6) is 11.5 Å². The highest BCUT2D eigenvalue weighted by Gasteiger charge is 2.31. The van der Waals surface area contributed by atoms with Crippen molar-refractivity contribution >= 4 is 52.5 Å². The highest BCUT2D eigenvalue weighted by atomic mass is 35.5. The van der Waals surface area contributed by atoms with Crippen LogP contribution in [-0.2, 0) is 4.79 Å². The van der Waals surface area contributed by atoms with Gasteiger partial charge in [0.1, 0.15) is 0 Å². The Morgan fingerprint density at radius 2 is 1.65 bits per heavy atom. The minimum Gasteiger partial charge on any atom is -0.493 e. The molecule has 0 aromatic heterocycles. The van der Waals surface area contributed by atoms with Gasteiger partial charge < -0.3 is 14.6 Å². The van der Waals surface area contributed by atoms with Crippen molar-refractivity contribution in [3.8, 4) is 11.5 Å². The molecule has 172 valence electrons. The maximum absolute atomic E-state index is 13.5. The Balaban J connectivity index is 1.82. The molecule has 1 aliphatic rings. The number of anilines is 1. The lowest BCUT2D eigenvalue weighted by Crippen LogP contribution is -2.25. The van der Waals surface area contributed by atoms with Crippen LogP contribution in [0.4, 0.5) is 5.69 Å². The lowest BCUT2D eigenvalue weighted by Gasteiger charge is -2.21. The molecule has 0 unspecified atom stereocenters. The average Bonchev–Trinajstić information content (AvgIpc) is 3.14. The van der Waals surface area contributed by atoms with Gasteiger partial charge in [-0.25, -0.2) is 4.79 Å². The summed E-state index contributed by atoms with van der Waals surface area (Å²) >= 11 is 12.2. The smallest absolute Gasteiger partial charge is 0.337 e. The van der Waals surface area contributed by atoms with Gasteiger partial charge in [-0.1, -0.05) is 41.4 Å². The predicted octanol–water partition coefficient (Wildman–Crippen LogP) is 6.18. The number of hydrogen-bond donors (Lipinski definition) is 1. The minimum atomic E-state index is -1.15. The second kappa shape index (κ2) is 9.63. The third kappa shape index (κ3) is 4.51. The summed E-state index contributed by atoms with van der Waals surface area (Å²) in [6.45, 7) is 0. The highest BCUT2D eigenvalue weighted by Crippen LogP contribution is 2.38. The van der Waals surface area contributed by atoms with Crippen LogP contribution < -0.4 is 14.4 Å². The SMILES string of the molecule is COc1ccc(/C=C2\C=C(c3ccc(Cl)cc3)N(c3ccc(C(=O)O)c(Cl)c3)C2=O)cc1OC. The summed E-state index contributed by atoms with van der Waals surface area (Å²) in [4.78, 5) is 26.4. The summed E-state index contributed by atoms with van der Waals surface area (Å²) in [7, 11) is 3.09. The van der Waals surface area contributed by atoms with E-state index in [0.29, 0.717) is 33.5 Å². The van der Waals surface area contributed by atoms with Crippen molar-refractivity contribution in [2.75, 3.05) is 19.1 Å². The first kappa shape index (κ1) is 23.4. The number of methoxy groups -OCH3 is 2. The van der Waals surface area contributed by atoms with Crippen molar-refractivity contribution in [3.05, 3.63) is 99.0 Å². The number of halogens is 2. The second-order valence-corrected chi connectivity index (χ2v) is 8.20. The second-order valence-electron chi connectivity index (χ2n) is 7.36. The molecule has 0 atom stereocenters. The lowest BCUT2D eigenvalue weighted by atomic mass is 10.1. The number of amides is 1. The first-order valence-corrected chi connectivity index (χ1v) is 10.9. The molecule has 3 aromatic rings. The zero-order valence-electron chi connectivity index (χ0n) is 18.2. The zero-order valence-corrected chi connectivity index (χ0v) is 19.7. The molecule has 0 saturated heterocycles. The van der Waals surface area contributed by atoms with E-state index in [1.165, 1.54) is 17.0 Å². The number of benzene rings is 3. The molecule has 0 aliphatic carbocycles.